The molecule has 0 aliphatic carbocycles. The van der Waals surface area contributed by atoms with Crippen molar-refractivity contribution in [1.82, 2.24) is 9.55 Å². The molecule has 0 spiro atoms. The molecule has 19 heavy (non-hydrogen) atoms. The number of H-pyrrole nitrogens is 1. The lowest BCUT2D eigenvalue weighted by Gasteiger charge is -2.15. The third-order valence-corrected chi connectivity index (χ3v) is 3.17. The summed E-state index contributed by atoms with van der Waals surface area (Å²) in [6, 6.07) is 0. The van der Waals surface area contributed by atoms with Gasteiger partial charge < -0.3 is 4.74 Å². The average Bonchev–Trinajstić information content (AvgIpc) is 2.85. The minimum Gasteiger partial charge on any atom is -0.355 e. The molecule has 0 radical (unpaired) electrons. The number of aryl methyl sites for hydroxylation is 1. The SMILES string of the molecule is CCc1cn([C@H]2CC[C@@H](CN=[N+]=[N-])O2)c(=O)[nH]c1=O. The molecule has 8 heteroatoms. The quantitative estimate of drug-likeness (QED) is 0.499. The van der Waals surface area contributed by atoms with Crippen molar-refractivity contribution in [2.75, 3.05) is 6.54 Å². The second kappa shape index (κ2) is 5.73. The molecule has 2 rings (SSSR count). The van der Waals surface area contributed by atoms with Crippen LogP contribution < -0.4 is 11.2 Å². The Morgan fingerprint density at radius 2 is 2.37 bits per heavy atom. The number of aromatic amines is 1. The first kappa shape index (κ1) is 13.4. The highest BCUT2D eigenvalue weighted by Gasteiger charge is 2.27. The molecule has 1 N–H and O–H groups in total. The second-order valence-electron chi connectivity index (χ2n) is 4.38. The molecule has 0 bridgehead atoms. The van der Waals surface area contributed by atoms with Crippen molar-refractivity contribution in [3.05, 3.63) is 43.0 Å². The highest BCUT2D eigenvalue weighted by atomic mass is 16.5. The minimum absolute atomic E-state index is 0.176. The summed E-state index contributed by atoms with van der Waals surface area (Å²) < 4.78 is 7.04. The lowest BCUT2D eigenvalue weighted by Crippen LogP contribution is -2.34. The van der Waals surface area contributed by atoms with Gasteiger partial charge >= 0.3 is 5.69 Å². The maximum atomic E-state index is 11.8. The molecule has 2 heterocycles. The number of aromatic nitrogens is 2. The number of rotatable bonds is 4. The van der Waals surface area contributed by atoms with Crippen molar-refractivity contribution >= 4 is 0 Å². The van der Waals surface area contributed by atoms with Gasteiger partial charge in [-0.2, -0.15) is 0 Å². The van der Waals surface area contributed by atoms with E-state index in [-0.39, 0.29) is 18.2 Å². The van der Waals surface area contributed by atoms with Gasteiger partial charge in [-0.05, 0) is 24.8 Å². The average molecular weight is 265 g/mol. The normalized spacial score (nSPS) is 22.2. The van der Waals surface area contributed by atoms with E-state index in [4.69, 9.17) is 10.3 Å². The van der Waals surface area contributed by atoms with Crippen molar-refractivity contribution in [2.24, 2.45) is 5.11 Å². The highest BCUT2D eigenvalue weighted by molar-refractivity contribution is 5.04. The molecular formula is C11H15N5O3. The van der Waals surface area contributed by atoms with E-state index in [0.29, 0.717) is 18.4 Å². The highest BCUT2D eigenvalue weighted by Crippen LogP contribution is 2.27. The van der Waals surface area contributed by atoms with Crippen LogP contribution in [0.2, 0.25) is 0 Å². The smallest absolute Gasteiger partial charge is 0.330 e. The topological polar surface area (TPSA) is 113 Å². The van der Waals surface area contributed by atoms with Gasteiger partial charge in [0.1, 0.15) is 6.23 Å². The standard InChI is InChI=1S/C11H15N5O3/c1-2-7-6-16(11(18)14-10(7)17)9-4-3-8(19-9)5-13-15-12/h6,8-9H,2-5H2,1H3,(H,14,17,18)/t8-,9+/m0/s1. The van der Waals surface area contributed by atoms with Gasteiger partial charge in [-0.25, -0.2) is 4.79 Å². The first-order chi connectivity index (χ1) is 9.15. The van der Waals surface area contributed by atoms with Crippen molar-refractivity contribution < 1.29 is 4.74 Å². The summed E-state index contributed by atoms with van der Waals surface area (Å²) in [5.74, 6) is 0. The Hall–Kier alpha value is -2.05. The van der Waals surface area contributed by atoms with Gasteiger partial charge in [-0.15, -0.1) is 0 Å². The summed E-state index contributed by atoms with van der Waals surface area (Å²) >= 11 is 0. The third kappa shape index (κ3) is 2.86. The molecule has 8 nitrogen and oxygen atoms in total. The number of hydrogen-bond acceptors (Lipinski definition) is 4. The number of hydrogen-bond donors (Lipinski definition) is 1. The van der Waals surface area contributed by atoms with Gasteiger partial charge in [0.25, 0.3) is 5.56 Å². The van der Waals surface area contributed by atoms with Crippen molar-refractivity contribution in [3.8, 4) is 0 Å². The van der Waals surface area contributed by atoms with Crippen molar-refractivity contribution in [3.63, 3.8) is 0 Å². The van der Waals surface area contributed by atoms with Gasteiger partial charge in [-0.1, -0.05) is 12.0 Å². The first-order valence-electron chi connectivity index (χ1n) is 6.16. The van der Waals surface area contributed by atoms with Gasteiger partial charge in [0.15, 0.2) is 0 Å². The Labute approximate surface area is 108 Å². The van der Waals surface area contributed by atoms with E-state index < -0.39 is 11.9 Å². The van der Waals surface area contributed by atoms with Gasteiger partial charge in [0.05, 0.1) is 12.6 Å². The van der Waals surface area contributed by atoms with E-state index in [1.807, 2.05) is 6.92 Å². The van der Waals surface area contributed by atoms with E-state index in [9.17, 15) is 9.59 Å². The third-order valence-electron chi connectivity index (χ3n) is 3.17. The van der Waals surface area contributed by atoms with E-state index in [2.05, 4.69) is 15.0 Å². The van der Waals surface area contributed by atoms with E-state index in [0.717, 1.165) is 6.42 Å². The molecule has 1 aliphatic rings. The Bertz CT molecular complexity index is 613. The van der Waals surface area contributed by atoms with Crippen LogP contribution in [0, 0.1) is 0 Å². The van der Waals surface area contributed by atoms with Crippen LogP contribution in [-0.2, 0) is 11.2 Å². The second-order valence-corrected chi connectivity index (χ2v) is 4.38. The Morgan fingerprint density at radius 3 is 3.05 bits per heavy atom. The summed E-state index contributed by atoms with van der Waals surface area (Å²) in [6.07, 6.45) is 2.88. The molecule has 0 aromatic carbocycles. The van der Waals surface area contributed by atoms with Crippen LogP contribution in [0.15, 0.2) is 20.9 Å². The Balaban J connectivity index is 2.22. The molecular weight excluding hydrogens is 250 g/mol. The summed E-state index contributed by atoms with van der Waals surface area (Å²) in [5.41, 5.74) is 7.97. The van der Waals surface area contributed by atoms with Crippen LogP contribution in [0.1, 0.15) is 31.6 Å². The number of ether oxygens (including phenoxy) is 1. The molecule has 0 amide bonds. The summed E-state index contributed by atoms with van der Waals surface area (Å²) in [5, 5.41) is 3.46. The minimum atomic E-state index is -0.475. The fourth-order valence-corrected chi connectivity index (χ4v) is 2.15. The molecule has 1 aromatic rings. The van der Waals surface area contributed by atoms with Crippen LogP contribution in [0.3, 0.4) is 0 Å². The number of azide groups is 1. The maximum absolute atomic E-state index is 11.8. The fourth-order valence-electron chi connectivity index (χ4n) is 2.15. The van der Waals surface area contributed by atoms with Gasteiger partial charge in [0.2, 0.25) is 0 Å². The van der Waals surface area contributed by atoms with Crippen LogP contribution in [0.25, 0.3) is 10.4 Å². The van der Waals surface area contributed by atoms with Crippen molar-refractivity contribution in [1.29, 1.82) is 0 Å². The lowest BCUT2D eigenvalue weighted by atomic mass is 10.2. The molecule has 2 atom stereocenters. The molecule has 1 fully saturated rings. The molecule has 1 aliphatic heterocycles. The predicted molar refractivity (Wildman–Crippen MR) is 67.9 cm³/mol. The van der Waals surface area contributed by atoms with Gasteiger partial charge in [0, 0.05) is 16.7 Å². The van der Waals surface area contributed by atoms with E-state index >= 15 is 0 Å². The van der Waals surface area contributed by atoms with Crippen LogP contribution in [0.4, 0.5) is 0 Å². The van der Waals surface area contributed by atoms with Crippen LogP contribution in [-0.4, -0.2) is 22.2 Å². The molecule has 0 unspecified atom stereocenters. The van der Waals surface area contributed by atoms with E-state index in [1.54, 1.807) is 6.20 Å². The van der Waals surface area contributed by atoms with Crippen molar-refractivity contribution in [2.45, 2.75) is 38.5 Å². The zero-order valence-electron chi connectivity index (χ0n) is 10.6. The summed E-state index contributed by atoms with van der Waals surface area (Å²) in [7, 11) is 0. The number of nitrogens with zero attached hydrogens (tertiary/aromatic N) is 4. The summed E-state index contributed by atoms with van der Waals surface area (Å²) in [6.45, 7) is 2.10. The van der Waals surface area contributed by atoms with Crippen LogP contribution in [0.5, 0.6) is 0 Å². The zero-order chi connectivity index (χ0) is 13.8. The summed E-state index contributed by atoms with van der Waals surface area (Å²) in [4.78, 5) is 28.2. The Kier molecular flexibility index (Phi) is 4.03. The zero-order valence-corrected chi connectivity index (χ0v) is 10.6. The van der Waals surface area contributed by atoms with E-state index in [1.165, 1.54) is 4.57 Å². The predicted octanol–water partition coefficient (Wildman–Crippen LogP) is 1.09. The lowest BCUT2D eigenvalue weighted by molar-refractivity contribution is 0.00351. The molecule has 1 aromatic heterocycles. The Morgan fingerprint density at radius 1 is 1.58 bits per heavy atom. The van der Waals surface area contributed by atoms with Gasteiger partial charge in [-0.3, -0.25) is 14.3 Å². The maximum Gasteiger partial charge on any atom is 0.330 e. The fraction of sp³-hybridized carbons (Fsp3) is 0.636. The molecule has 0 saturated carbocycles. The number of nitrogens with one attached hydrogen (secondary N) is 1. The largest absolute Gasteiger partial charge is 0.355 e. The molecule has 102 valence electrons. The molecule has 1 saturated heterocycles. The van der Waals surface area contributed by atoms with Crippen LogP contribution >= 0.6 is 0 Å². The monoisotopic (exact) mass is 265 g/mol. The first-order valence-corrected chi connectivity index (χ1v) is 6.16.